The first-order valence-corrected chi connectivity index (χ1v) is 6.69. The first-order chi connectivity index (χ1) is 9.22. The van der Waals surface area contributed by atoms with E-state index in [1.54, 1.807) is 4.90 Å². The molecule has 19 heavy (non-hydrogen) atoms. The Hall–Kier alpha value is -1.97. The Morgan fingerprint density at radius 3 is 2.95 bits per heavy atom. The first kappa shape index (κ1) is 12.1. The van der Waals surface area contributed by atoms with E-state index in [0.717, 1.165) is 13.0 Å². The quantitative estimate of drug-likeness (QED) is 0.788. The second-order valence-electron chi connectivity index (χ2n) is 4.87. The van der Waals surface area contributed by atoms with E-state index in [0.29, 0.717) is 13.2 Å². The lowest BCUT2D eigenvalue weighted by molar-refractivity contribution is 0.102. The predicted octanol–water partition coefficient (Wildman–Crippen LogP) is 2.69. The highest BCUT2D eigenvalue weighted by Crippen LogP contribution is 2.30. The number of hydrogen-bond acceptors (Lipinski definition) is 2. The Morgan fingerprint density at radius 1 is 1.37 bits per heavy atom. The van der Waals surface area contributed by atoms with Crippen molar-refractivity contribution >= 4 is 17.0 Å². The zero-order valence-corrected chi connectivity index (χ0v) is 11.3. The van der Waals surface area contributed by atoms with Gasteiger partial charge in [-0.05, 0) is 13.0 Å². The van der Waals surface area contributed by atoms with Gasteiger partial charge in [0.05, 0.1) is 13.2 Å². The van der Waals surface area contributed by atoms with Crippen molar-refractivity contribution in [1.82, 2.24) is 9.47 Å². The van der Waals surface area contributed by atoms with Gasteiger partial charge in [0.1, 0.15) is 0 Å². The number of hydrogen-bond donors (Lipinski definition) is 0. The smallest absolute Gasteiger partial charge is 0.410 e. The molecule has 2 aromatic rings. The van der Waals surface area contributed by atoms with Crippen molar-refractivity contribution in [2.24, 2.45) is 7.05 Å². The van der Waals surface area contributed by atoms with E-state index in [2.05, 4.69) is 29.8 Å². The van der Waals surface area contributed by atoms with Crippen LogP contribution in [0.3, 0.4) is 0 Å². The van der Waals surface area contributed by atoms with Gasteiger partial charge in [-0.2, -0.15) is 0 Å². The van der Waals surface area contributed by atoms with Crippen LogP contribution in [0.1, 0.15) is 18.2 Å². The molecule has 0 spiro atoms. The minimum absolute atomic E-state index is 0.207. The fraction of sp³-hybridized carbons (Fsp3) is 0.400. The zero-order valence-electron chi connectivity index (χ0n) is 11.3. The van der Waals surface area contributed by atoms with Gasteiger partial charge < -0.3 is 14.2 Å². The number of nitrogens with zero attached hydrogens (tertiary/aromatic N) is 2. The fourth-order valence-corrected chi connectivity index (χ4v) is 2.90. The Kier molecular flexibility index (Phi) is 2.93. The van der Waals surface area contributed by atoms with Gasteiger partial charge in [-0.15, -0.1) is 0 Å². The monoisotopic (exact) mass is 258 g/mol. The normalized spacial score (nSPS) is 14.5. The van der Waals surface area contributed by atoms with E-state index in [-0.39, 0.29) is 6.09 Å². The average Bonchev–Trinajstić information content (AvgIpc) is 2.73. The molecule has 0 bridgehead atoms. The summed E-state index contributed by atoms with van der Waals surface area (Å²) in [4.78, 5) is 13.6. The number of fused-ring (bicyclic) bond motifs is 3. The summed E-state index contributed by atoms with van der Waals surface area (Å²) in [5.74, 6) is 0. The minimum Gasteiger partial charge on any atom is -0.450 e. The molecule has 4 nitrogen and oxygen atoms in total. The highest BCUT2D eigenvalue weighted by Gasteiger charge is 2.25. The van der Waals surface area contributed by atoms with Crippen LogP contribution in [0.25, 0.3) is 10.9 Å². The summed E-state index contributed by atoms with van der Waals surface area (Å²) in [6.07, 6.45) is 0.681. The van der Waals surface area contributed by atoms with E-state index < -0.39 is 0 Å². The Bertz CT molecular complexity index is 630. The molecule has 100 valence electrons. The van der Waals surface area contributed by atoms with Crippen LogP contribution in [0, 0.1) is 0 Å². The standard InChI is InChI=1S/C15H18N2O2/c1-3-19-15(18)17-9-8-14-12(10-17)11-6-4-5-7-13(11)16(14)2/h4-7H,3,8-10H2,1-2H3. The van der Waals surface area contributed by atoms with Crippen molar-refractivity contribution in [2.75, 3.05) is 13.2 Å². The van der Waals surface area contributed by atoms with Gasteiger partial charge in [-0.1, -0.05) is 18.2 Å². The number of carbonyl (C=O) groups excluding carboxylic acids is 1. The third-order valence-electron chi connectivity index (χ3n) is 3.84. The molecule has 0 atom stereocenters. The summed E-state index contributed by atoms with van der Waals surface area (Å²) < 4.78 is 7.34. The third-order valence-corrected chi connectivity index (χ3v) is 3.84. The summed E-state index contributed by atoms with van der Waals surface area (Å²) in [5.41, 5.74) is 3.83. The number of ether oxygens (including phenoxy) is 1. The molecule has 1 aromatic carbocycles. The molecule has 0 saturated carbocycles. The van der Waals surface area contributed by atoms with Crippen molar-refractivity contribution in [3.8, 4) is 0 Å². The van der Waals surface area contributed by atoms with E-state index in [4.69, 9.17) is 4.74 Å². The number of aromatic nitrogens is 1. The molecule has 0 N–H and O–H groups in total. The topological polar surface area (TPSA) is 34.5 Å². The SMILES string of the molecule is CCOC(=O)N1CCc2c(c3ccccc3n2C)C1. The molecular formula is C15H18N2O2. The van der Waals surface area contributed by atoms with Gasteiger partial charge in [-0.3, -0.25) is 0 Å². The predicted molar refractivity (Wildman–Crippen MR) is 74.1 cm³/mol. The lowest BCUT2D eigenvalue weighted by atomic mass is 10.1. The summed E-state index contributed by atoms with van der Waals surface area (Å²) >= 11 is 0. The average molecular weight is 258 g/mol. The molecule has 3 rings (SSSR count). The van der Waals surface area contributed by atoms with E-state index in [1.165, 1.54) is 22.2 Å². The summed E-state index contributed by atoms with van der Waals surface area (Å²) in [6.45, 7) is 3.65. The number of carbonyl (C=O) groups is 1. The first-order valence-electron chi connectivity index (χ1n) is 6.69. The van der Waals surface area contributed by atoms with Crippen LogP contribution in [-0.2, 0) is 24.8 Å². The summed E-state index contributed by atoms with van der Waals surface area (Å²) in [5, 5.41) is 1.24. The second kappa shape index (κ2) is 4.61. The Balaban J connectivity index is 2.00. The Labute approximate surface area is 112 Å². The second-order valence-corrected chi connectivity index (χ2v) is 4.87. The van der Waals surface area contributed by atoms with Crippen molar-refractivity contribution in [2.45, 2.75) is 19.9 Å². The molecule has 1 aliphatic rings. The van der Waals surface area contributed by atoms with Gasteiger partial charge in [0.15, 0.2) is 0 Å². The minimum atomic E-state index is -0.207. The van der Waals surface area contributed by atoms with Crippen molar-refractivity contribution in [3.63, 3.8) is 0 Å². The molecule has 0 unspecified atom stereocenters. The highest BCUT2D eigenvalue weighted by atomic mass is 16.6. The van der Waals surface area contributed by atoms with Crippen LogP contribution in [0.2, 0.25) is 0 Å². The number of rotatable bonds is 1. The van der Waals surface area contributed by atoms with Crippen LogP contribution in [0.15, 0.2) is 24.3 Å². The van der Waals surface area contributed by atoms with E-state index in [1.807, 2.05) is 13.0 Å². The van der Waals surface area contributed by atoms with Crippen molar-refractivity contribution in [1.29, 1.82) is 0 Å². The molecule has 1 amide bonds. The number of aryl methyl sites for hydroxylation is 1. The lowest BCUT2D eigenvalue weighted by Crippen LogP contribution is -2.36. The summed E-state index contributed by atoms with van der Waals surface area (Å²) in [6, 6.07) is 8.36. The molecule has 0 fully saturated rings. The van der Waals surface area contributed by atoms with E-state index in [9.17, 15) is 4.79 Å². The van der Waals surface area contributed by atoms with Gasteiger partial charge in [0.25, 0.3) is 0 Å². The lowest BCUT2D eigenvalue weighted by Gasteiger charge is -2.27. The van der Waals surface area contributed by atoms with Crippen LogP contribution < -0.4 is 0 Å². The van der Waals surface area contributed by atoms with Gasteiger partial charge >= 0.3 is 6.09 Å². The zero-order chi connectivity index (χ0) is 13.4. The highest BCUT2D eigenvalue weighted by molar-refractivity contribution is 5.86. The molecule has 1 aromatic heterocycles. The number of amides is 1. The molecular weight excluding hydrogens is 240 g/mol. The van der Waals surface area contributed by atoms with Gasteiger partial charge in [0.2, 0.25) is 0 Å². The molecule has 0 aliphatic carbocycles. The molecule has 0 saturated heterocycles. The van der Waals surface area contributed by atoms with Crippen LogP contribution >= 0.6 is 0 Å². The van der Waals surface area contributed by atoms with E-state index >= 15 is 0 Å². The molecule has 0 radical (unpaired) electrons. The number of benzene rings is 1. The number of para-hydroxylation sites is 1. The van der Waals surface area contributed by atoms with Crippen LogP contribution in [-0.4, -0.2) is 28.7 Å². The van der Waals surface area contributed by atoms with Crippen LogP contribution in [0.4, 0.5) is 4.79 Å². The van der Waals surface area contributed by atoms with Crippen LogP contribution in [0.5, 0.6) is 0 Å². The van der Waals surface area contributed by atoms with Gasteiger partial charge in [-0.25, -0.2) is 4.79 Å². The van der Waals surface area contributed by atoms with Crippen molar-refractivity contribution in [3.05, 3.63) is 35.5 Å². The Morgan fingerprint density at radius 2 is 2.16 bits per heavy atom. The fourth-order valence-electron chi connectivity index (χ4n) is 2.90. The summed E-state index contributed by atoms with van der Waals surface area (Å²) in [7, 11) is 2.10. The maximum absolute atomic E-state index is 11.8. The van der Waals surface area contributed by atoms with Crippen molar-refractivity contribution < 1.29 is 9.53 Å². The molecule has 1 aliphatic heterocycles. The maximum Gasteiger partial charge on any atom is 0.410 e. The maximum atomic E-state index is 11.8. The third kappa shape index (κ3) is 1.87. The molecule has 4 heteroatoms. The largest absolute Gasteiger partial charge is 0.450 e. The van der Waals surface area contributed by atoms with Gasteiger partial charge in [0, 0.05) is 42.2 Å². The molecule has 2 heterocycles.